The minimum absolute atomic E-state index is 0.177. The van der Waals surface area contributed by atoms with Gasteiger partial charge in [0.25, 0.3) is 5.91 Å². The van der Waals surface area contributed by atoms with E-state index < -0.39 is 29.1 Å². The summed E-state index contributed by atoms with van der Waals surface area (Å²) in [6.07, 6.45) is 3.13. The summed E-state index contributed by atoms with van der Waals surface area (Å²) in [6.45, 7) is 5.54. The van der Waals surface area contributed by atoms with Crippen molar-refractivity contribution in [1.82, 2.24) is 0 Å². The number of hydrogen-bond acceptors (Lipinski definition) is 6. The largest absolute Gasteiger partial charge is 0.465 e. The topological polar surface area (TPSA) is 111 Å². The molecule has 3 aliphatic rings. The van der Waals surface area contributed by atoms with Crippen molar-refractivity contribution in [2.75, 3.05) is 18.6 Å². The number of methoxy groups -OCH3 is 1. The van der Waals surface area contributed by atoms with Crippen LogP contribution in [0.3, 0.4) is 0 Å². The first-order chi connectivity index (χ1) is 13.9. The van der Waals surface area contributed by atoms with Gasteiger partial charge < -0.3 is 20.1 Å². The predicted molar refractivity (Wildman–Crippen MR) is 105 cm³/mol. The Labute approximate surface area is 167 Å². The maximum atomic E-state index is 13.9. The van der Waals surface area contributed by atoms with Gasteiger partial charge in [-0.1, -0.05) is 24.3 Å². The highest BCUT2D eigenvalue weighted by Crippen LogP contribution is 2.56. The van der Waals surface area contributed by atoms with Gasteiger partial charge in [0.2, 0.25) is 11.8 Å². The van der Waals surface area contributed by atoms with Crippen LogP contribution < -0.4 is 10.6 Å². The molecular formula is C21H19N3O5. The molecule has 0 bridgehead atoms. The van der Waals surface area contributed by atoms with E-state index in [9.17, 15) is 14.4 Å². The van der Waals surface area contributed by atoms with E-state index in [1.807, 2.05) is 0 Å². The molecule has 8 nitrogen and oxygen atoms in total. The van der Waals surface area contributed by atoms with E-state index in [2.05, 4.69) is 11.6 Å². The first kappa shape index (κ1) is 18.7. The first-order valence-corrected chi connectivity index (χ1v) is 8.97. The number of esters is 1. The lowest BCUT2D eigenvalue weighted by atomic mass is 9.63. The number of ether oxygens (including phenoxy) is 2. The Balaban J connectivity index is 2.11. The van der Waals surface area contributed by atoms with E-state index in [-0.39, 0.29) is 23.8 Å². The van der Waals surface area contributed by atoms with Crippen LogP contribution in [0.5, 0.6) is 0 Å². The number of benzene rings is 1. The highest BCUT2D eigenvalue weighted by molar-refractivity contribution is 6.20. The van der Waals surface area contributed by atoms with Crippen molar-refractivity contribution in [3.05, 3.63) is 65.8 Å². The maximum Gasteiger partial charge on any atom is 0.340 e. The van der Waals surface area contributed by atoms with E-state index in [0.717, 1.165) is 0 Å². The van der Waals surface area contributed by atoms with Gasteiger partial charge in [-0.25, -0.2) is 9.79 Å². The second kappa shape index (κ2) is 6.44. The van der Waals surface area contributed by atoms with Crippen LogP contribution in [-0.4, -0.2) is 37.1 Å². The van der Waals surface area contributed by atoms with Gasteiger partial charge in [-0.05, 0) is 24.6 Å². The highest BCUT2D eigenvalue weighted by atomic mass is 16.5. The van der Waals surface area contributed by atoms with E-state index in [4.69, 9.17) is 15.2 Å². The van der Waals surface area contributed by atoms with Crippen LogP contribution in [0.4, 0.5) is 5.69 Å². The Bertz CT molecular complexity index is 1070. The van der Waals surface area contributed by atoms with Gasteiger partial charge in [0, 0.05) is 17.9 Å². The second-order valence-corrected chi connectivity index (χ2v) is 6.93. The molecule has 2 amide bonds. The third kappa shape index (κ3) is 2.32. The van der Waals surface area contributed by atoms with Crippen LogP contribution in [0.25, 0.3) is 0 Å². The van der Waals surface area contributed by atoms with E-state index in [0.29, 0.717) is 17.0 Å². The summed E-state index contributed by atoms with van der Waals surface area (Å²) in [6, 6.07) is 6.95. The standard InChI is InChI=1S/C21H19N3O5/c1-4-9-24-13-8-6-5-7-12(13)21(20(24)27)15-14(10-11(2)23-18(15)25)29-17(22)16(21)19(26)28-3/h4-8,10,15H,1,9,22H2,2-3H3. The van der Waals surface area contributed by atoms with Crippen molar-refractivity contribution in [2.45, 2.75) is 12.3 Å². The number of carbonyl (C=O) groups is 3. The van der Waals surface area contributed by atoms with Gasteiger partial charge in [-0.3, -0.25) is 9.59 Å². The van der Waals surface area contributed by atoms with Gasteiger partial charge in [0.1, 0.15) is 22.7 Å². The number of dihydropyridines is 1. The lowest BCUT2D eigenvalue weighted by Gasteiger charge is -2.41. The Kier molecular flexibility index (Phi) is 4.15. The van der Waals surface area contributed by atoms with Gasteiger partial charge in [-0.2, -0.15) is 0 Å². The van der Waals surface area contributed by atoms with Gasteiger partial charge in [0.05, 0.1) is 7.11 Å². The Hall–Kier alpha value is -3.68. The monoisotopic (exact) mass is 393 g/mol. The van der Waals surface area contributed by atoms with Crippen LogP contribution in [0, 0.1) is 5.92 Å². The van der Waals surface area contributed by atoms with Crippen LogP contribution >= 0.6 is 0 Å². The molecular weight excluding hydrogens is 374 g/mol. The average Bonchev–Trinajstić information content (AvgIpc) is 2.91. The molecule has 2 N–H and O–H groups in total. The molecule has 0 aliphatic carbocycles. The molecule has 0 saturated heterocycles. The molecule has 1 aromatic rings. The summed E-state index contributed by atoms with van der Waals surface area (Å²) in [5.41, 5.74) is 5.64. The lowest BCUT2D eigenvalue weighted by Crippen LogP contribution is -2.55. The molecule has 0 saturated carbocycles. The molecule has 8 heteroatoms. The molecule has 2 unspecified atom stereocenters. The minimum atomic E-state index is -1.73. The molecule has 0 fully saturated rings. The summed E-state index contributed by atoms with van der Waals surface area (Å²) in [7, 11) is 1.18. The number of nitrogens with two attached hydrogens (primary N) is 1. The van der Waals surface area contributed by atoms with Crippen molar-refractivity contribution < 1.29 is 23.9 Å². The van der Waals surface area contributed by atoms with Crippen molar-refractivity contribution in [3.63, 3.8) is 0 Å². The number of anilines is 1. The number of allylic oxidation sites excluding steroid dienone is 1. The molecule has 3 aliphatic heterocycles. The summed E-state index contributed by atoms with van der Waals surface area (Å²) in [5.74, 6) is -3.18. The maximum absolute atomic E-state index is 13.9. The van der Waals surface area contributed by atoms with Crippen molar-refractivity contribution in [2.24, 2.45) is 16.6 Å². The third-order valence-corrected chi connectivity index (χ3v) is 5.37. The summed E-state index contributed by atoms with van der Waals surface area (Å²) >= 11 is 0. The van der Waals surface area contributed by atoms with Crippen LogP contribution in [-0.2, 0) is 29.3 Å². The Morgan fingerprint density at radius 1 is 1.41 bits per heavy atom. The SMILES string of the molecule is C=CCN1C(=O)C2(C(C(=O)OC)=C(N)OC3=CC(C)=NC(=O)C32)c2ccccc21. The molecule has 0 aromatic heterocycles. The number of para-hydroxylation sites is 1. The Morgan fingerprint density at radius 2 is 2.14 bits per heavy atom. The number of nitrogens with zero attached hydrogens (tertiary/aromatic N) is 2. The first-order valence-electron chi connectivity index (χ1n) is 8.97. The molecule has 2 atom stereocenters. The number of hydrogen-bond donors (Lipinski definition) is 1. The number of amides is 2. The quantitative estimate of drug-likeness (QED) is 0.613. The fourth-order valence-electron chi connectivity index (χ4n) is 4.36. The van der Waals surface area contributed by atoms with E-state index >= 15 is 0 Å². The fraction of sp³-hybridized carbons (Fsp3) is 0.238. The normalized spacial score (nSPS) is 25.2. The summed E-state index contributed by atoms with van der Waals surface area (Å²) in [5, 5.41) is 0. The highest BCUT2D eigenvalue weighted by Gasteiger charge is 2.66. The number of aliphatic imine (C=N–C) groups is 1. The third-order valence-electron chi connectivity index (χ3n) is 5.37. The zero-order valence-corrected chi connectivity index (χ0v) is 16.0. The second-order valence-electron chi connectivity index (χ2n) is 6.93. The van der Waals surface area contributed by atoms with Crippen LogP contribution in [0.15, 0.2) is 65.2 Å². The van der Waals surface area contributed by atoms with Crippen molar-refractivity contribution in [3.8, 4) is 0 Å². The van der Waals surface area contributed by atoms with E-state index in [1.165, 1.54) is 12.0 Å². The molecule has 148 valence electrons. The van der Waals surface area contributed by atoms with E-state index in [1.54, 1.807) is 43.3 Å². The molecule has 4 rings (SSSR count). The lowest BCUT2D eigenvalue weighted by molar-refractivity contribution is -0.141. The van der Waals surface area contributed by atoms with Crippen molar-refractivity contribution in [1.29, 1.82) is 0 Å². The number of fused-ring (bicyclic) bond motifs is 4. The Morgan fingerprint density at radius 3 is 2.83 bits per heavy atom. The molecule has 29 heavy (non-hydrogen) atoms. The van der Waals surface area contributed by atoms with Gasteiger partial charge >= 0.3 is 5.97 Å². The van der Waals surface area contributed by atoms with Crippen LogP contribution in [0.2, 0.25) is 0 Å². The van der Waals surface area contributed by atoms with Crippen LogP contribution in [0.1, 0.15) is 12.5 Å². The molecule has 1 spiro atoms. The summed E-state index contributed by atoms with van der Waals surface area (Å²) < 4.78 is 10.6. The molecule has 0 radical (unpaired) electrons. The fourth-order valence-corrected chi connectivity index (χ4v) is 4.36. The predicted octanol–water partition coefficient (Wildman–Crippen LogP) is 1.33. The van der Waals surface area contributed by atoms with Gasteiger partial charge in [-0.15, -0.1) is 6.58 Å². The number of rotatable bonds is 3. The molecule has 1 aromatic carbocycles. The minimum Gasteiger partial charge on any atom is -0.465 e. The molecule has 3 heterocycles. The zero-order chi connectivity index (χ0) is 20.9. The van der Waals surface area contributed by atoms with Crippen molar-refractivity contribution >= 4 is 29.2 Å². The summed E-state index contributed by atoms with van der Waals surface area (Å²) in [4.78, 5) is 45.3. The average molecular weight is 393 g/mol. The smallest absolute Gasteiger partial charge is 0.340 e. The number of carbonyl (C=O) groups excluding carboxylic acids is 3. The zero-order valence-electron chi connectivity index (χ0n) is 16.0. The van der Waals surface area contributed by atoms with Gasteiger partial charge in [0.15, 0.2) is 0 Å².